The maximum atomic E-state index is 3.73. The van der Waals surface area contributed by atoms with E-state index in [1.807, 2.05) is 11.8 Å². The van der Waals surface area contributed by atoms with Gasteiger partial charge in [0.05, 0.1) is 0 Å². The van der Waals surface area contributed by atoms with Gasteiger partial charge in [0, 0.05) is 22.4 Å². The van der Waals surface area contributed by atoms with Gasteiger partial charge in [0.15, 0.2) is 0 Å². The van der Waals surface area contributed by atoms with E-state index in [0.29, 0.717) is 0 Å². The number of nitrogens with one attached hydrogen (secondary N) is 1. The van der Waals surface area contributed by atoms with Crippen molar-refractivity contribution in [3.8, 4) is 0 Å². The number of rotatable bonds is 6. The molecule has 140 valence electrons. The predicted octanol–water partition coefficient (Wildman–Crippen LogP) is 7.15. The summed E-state index contributed by atoms with van der Waals surface area (Å²) in [6.45, 7) is 5.22. The fourth-order valence-electron chi connectivity index (χ4n) is 3.48. The van der Waals surface area contributed by atoms with E-state index in [0.717, 1.165) is 6.54 Å². The molecule has 1 unspecified atom stereocenters. The minimum Gasteiger partial charge on any atom is -0.306 e. The van der Waals surface area contributed by atoms with Crippen LogP contribution in [0.15, 0.2) is 101 Å². The zero-order valence-electron chi connectivity index (χ0n) is 16.4. The lowest BCUT2D eigenvalue weighted by atomic mass is 9.99. The van der Waals surface area contributed by atoms with Crippen molar-refractivity contribution in [3.05, 3.63) is 108 Å². The van der Waals surface area contributed by atoms with Gasteiger partial charge in [-0.1, -0.05) is 90.1 Å². The molecule has 0 spiro atoms. The van der Waals surface area contributed by atoms with Gasteiger partial charge in [-0.15, -0.1) is 0 Å². The highest BCUT2D eigenvalue weighted by Gasteiger charge is 2.10. The largest absolute Gasteiger partial charge is 0.306 e. The Kier molecular flexibility index (Phi) is 5.80. The summed E-state index contributed by atoms with van der Waals surface area (Å²) in [6, 6.07) is 32.9. The molecule has 2 heteroatoms. The molecule has 4 aromatic carbocycles. The summed E-state index contributed by atoms with van der Waals surface area (Å²) in [7, 11) is 0. The van der Waals surface area contributed by atoms with Crippen LogP contribution in [0.25, 0.3) is 10.8 Å². The highest BCUT2D eigenvalue weighted by molar-refractivity contribution is 7.99. The SMILES string of the molecule is Cc1ccc(Sc2ccccc2CNC(C)c2cccc3ccccc23)cc1. The summed E-state index contributed by atoms with van der Waals surface area (Å²) in [5.74, 6) is 0. The highest BCUT2D eigenvalue weighted by Crippen LogP contribution is 2.31. The number of fused-ring (bicyclic) bond motifs is 1. The van der Waals surface area contributed by atoms with Gasteiger partial charge in [0.25, 0.3) is 0 Å². The van der Waals surface area contributed by atoms with Crippen molar-refractivity contribution in [2.24, 2.45) is 0 Å². The topological polar surface area (TPSA) is 12.0 Å². The molecule has 0 aromatic heterocycles. The lowest BCUT2D eigenvalue weighted by Crippen LogP contribution is -2.18. The smallest absolute Gasteiger partial charge is 0.0301 e. The third-order valence-corrected chi connectivity index (χ3v) is 6.24. The summed E-state index contributed by atoms with van der Waals surface area (Å²) in [6.07, 6.45) is 0. The number of benzene rings is 4. The first kappa shape index (κ1) is 18.8. The molecule has 4 aromatic rings. The lowest BCUT2D eigenvalue weighted by Gasteiger charge is -2.18. The Morgan fingerprint density at radius 3 is 2.36 bits per heavy atom. The van der Waals surface area contributed by atoms with Crippen LogP contribution in [-0.4, -0.2) is 0 Å². The summed E-state index contributed by atoms with van der Waals surface area (Å²) < 4.78 is 0. The summed E-state index contributed by atoms with van der Waals surface area (Å²) >= 11 is 1.83. The van der Waals surface area contributed by atoms with Crippen LogP contribution in [0.4, 0.5) is 0 Å². The zero-order valence-corrected chi connectivity index (χ0v) is 17.2. The third-order valence-electron chi connectivity index (χ3n) is 5.11. The molecule has 0 aliphatic rings. The molecule has 28 heavy (non-hydrogen) atoms. The number of hydrogen-bond acceptors (Lipinski definition) is 2. The monoisotopic (exact) mass is 383 g/mol. The Hall–Kier alpha value is -2.55. The van der Waals surface area contributed by atoms with E-state index in [9.17, 15) is 0 Å². The minimum absolute atomic E-state index is 0.281. The fourth-order valence-corrected chi connectivity index (χ4v) is 4.43. The van der Waals surface area contributed by atoms with Crippen LogP contribution in [0.5, 0.6) is 0 Å². The van der Waals surface area contributed by atoms with Gasteiger partial charge >= 0.3 is 0 Å². The Bertz CT molecular complexity index is 1060. The van der Waals surface area contributed by atoms with Crippen molar-refractivity contribution in [1.82, 2.24) is 5.32 Å². The number of hydrogen-bond donors (Lipinski definition) is 1. The molecular formula is C26H25NS. The summed E-state index contributed by atoms with van der Waals surface area (Å²) in [5.41, 5.74) is 3.98. The molecule has 0 bridgehead atoms. The first-order valence-electron chi connectivity index (χ1n) is 9.74. The second kappa shape index (κ2) is 8.64. The number of aryl methyl sites for hydroxylation is 1. The van der Waals surface area contributed by atoms with Crippen molar-refractivity contribution >= 4 is 22.5 Å². The van der Waals surface area contributed by atoms with Crippen LogP contribution in [0.1, 0.15) is 29.7 Å². The first-order valence-corrected chi connectivity index (χ1v) is 10.6. The fraction of sp³-hybridized carbons (Fsp3) is 0.154. The molecule has 0 fully saturated rings. The minimum atomic E-state index is 0.281. The summed E-state index contributed by atoms with van der Waals surface area (Å²) in [4.78, 5) is 2.59. The van der Waals surface area contributed by atoms with Crippen molar-refractivity contribution in [3.63, 3.8) is 0 Å². The molecule has 1 N–H and O–H groups in total. The predicted molar refractivity (Wildman–Crippen MR) is 121 cm³/mol. The third kappa shape index (κ3) is 4.30. The van der Waals surface area contributed by atoms with Crippen molar-refractivity contribution < 1.29 is 0 Å². The Morgan fingerprint density at radius 2 is 1.50 bits per heavy atom. The van der Waals surface area contributed by atoms with Crippen LogP contribution in [-0.2, 0) is 6.54 Å². The van der Waals surface area contributed by atoms with Crippen LogP contribution in [0.2, 0.25) is 0 Å². The maximum absolute atomic E-state index is 3.73. The van der Waals surface area contributed by atoms with E-state index in [2.05, 4.69) is 110 Å². The molecular weight excluding hydrogens is 358 g/mol. The normalized spacial score (nSPS) is 12.2. The van der Waals surface area contributed by atoms with Gasteiger partial charge in [-0.2, -0.15) is 0 Å². The van der Waals surface area contributed by atoms with Gasteiger partial charge in [0.2, 0.25) is 0 Å². The lowest BCUT2D eigenvalue weighted by molar-refractivity contribution is 0.574. The van der Waals surface area contributed by atoms with Gasteiger partial charge in [0.1, 0.15) is 0 Å². The highest BCUT2D eigenvalue weighted by atomic mass is 32.2. The van der Waals surface area contributed by atoms with E-state index < -0.39 is 0 Å². The van der Waals surface area contributed by atoms with Gasteiger partial charge < -0.3 is 5.32 Å². The van der Waals surface area contributed by atoms with Crippen LogP contribution in [0, 0.1) is 6.92 Å². The van der Waals surface area contributed by atoms with Crippen molar-refractivity contribution in [2.45, 2.75) is 36.2 Å². The molecule has 0 heterocycles. The molecule has 0 saturated carbocycles. The van der Waals surface area contributed by atoms with E-state index in [1.165, 1.54) is 37.3 Å². The Balaban J connectivity index is 1.51. The molecule has 0 saturated heterocycles. The second-order valence-corrected chi connectivity index (χ2v) is 8.31. The van der Waals surface area contributed by atoms with Crippen LogP contribution < -0.4 is 5.32 Å². The van der Waals surface area contributed by atoms with E-state index in [-0.39, 0.29) is 6.04 Å². The standard InChI is InChI=1S/C26H25NS/c1-19-14-16-23(17-15-19)28-26-13-6-4-9-22(26)18-27-20(2)24-12-7-10-21-8-3-5-11-25(21)24/h3-17,20,27H,18H2,1-2H3. The Labute approximate surface area is 171 Å². The van der Waals surface area contributed by atoms with Gasteiger partial charge in [-0.25, -0.2) is 0 Å². The maximum Gasteiger partial charge on any atom is 0.0301 e. The second-order valence-electron chi connectivity index (χ2n) is 7.19. The van der Waals surface area contributed by atoms with E-state index in [4.69, 9.17) is 0 Å². The molecule has 1 atom stereocenters. The van der Waals surface area contributed by atoms with Crippen LogP contribution in [0.3, 0.4) is 0 Å². The molecule has 0 aliphatic carbocycles. The van der Waals surface area contributed by atoms with Crippen molar-refractivity contribution in [1.29, 1.82) is 0 Å². The molecule has 1 nitrogen and oxygen atoms in total. The average molecular weight is 384 g/mol. The Morgan fingerprint density at radius 1 is 0.786 bits per heavy atom. The first-order chi connectivity index (χ1) is 13.7. The van der Waals surface area contributed by atoms with Crippen molar-refractivity contribution in [2.75, 3.05) is 0 Å². The van der Waals surface area contributed by atoms with E-state index >= 15 is 0 Å². The zero-order chi connectivity index (χ0) is 19.3. The molecule has 0 radical (unpaired) electrons. The molecule has 0 aliphatic heterocycles. The molecule has 0 amide bonds. The summed E-state index contributed by atoms with van der Waals surface area (Å²) in [5, 5.41) is 6.35. The van der Waals surface area contributed by atoms with Crippen LogP contribution >= 0.6 is 11.8 Å². The average Bonchev–Trinajstić information content (AvgIpc) is 2.74. The molecule has 4 rings (SSSR count). The van der Waals surface area contributed by atoms with E-state index in [1.54, 1.807) is 0 Å². The quantitative estimate of drug-likeness (QED) is 0.379. The van der Waals surface area contributed by atoms with Gasteiger partial charge in [-0.3, -0.25) is 0 Å². The van der Waals surface area contributed by atoms with Gasteiger partial charge in [-0.05, 0) is 53.9 Å².